The van der Waals surface area contributed by atoms with Crippen LogP contribution in [0.4, 0.5) is 0 Å². The quantitative estimate of drug-likeness (QED) is 0.581. The molecule has 0 aromatic heterocycles. The Kier molecular flexibility index (Phi) is 6.23. The summed E-state index contributed by atoms with van der Waals surface area (Å²) in [6.07, 6.45) is 0.645. The summed E-state index contributed by atoms with van der Waals surface area (Å²) in [5, 5.41) is 0. The molecule has 0 saturated heterocycles. The van der Waals surface area contributed by atoms with Gasteiger partial charge >= 0.3 is 0 Å². The number of methoxy groups -OCH3 is 1. The van der Waals surface area contributed by atoms with E-state index < -0.39 is 10.0 Å². The first-order chi connectivity index (χ1) is 5.98. The van der Waals surface area contributed by atoms with Gasteiger partial charge in [0.05, 0.1) is 12.4 Å². The van der Waals surface area contributed by atoms with Crippen molar-refractivity contribution in [2.24, 2.45) is 5.73 Å². The lowest BCUT2D eigenvalue weighted by Crippen LogP contribution is -2.31. The Morgan fingerprint density at radius 2 is 2.15 bits per heavy atom. The van der Waals surface area contributed by atoms with Crippen LogP contribution in [-0.4, -0.2) is 40.5 Å². The summed E-state index contributed by atoms with van der Waals surface area (Å²) in [5.41, 5.74) is 5.46. The Balaban J connectivity index is 3.64. The van der Waals surface area contributed by atoms with Gasteiger partial charge in [0.25, 0.3) is 0 Å². The SMILES string of the molecule is COCCS(=O)(=O)NCCC(C)N. The zero-order valence-corrected chi connectivity index (χ0v) is 8.93. The molecule has 3 N–H and O–H groups in total. The Bertz CT molecular complexity index is 214. The summed E-state index contributed by atoms with van der Waals surface area (Å²) >= 11 is 0. The molecule has 0 rings (SSSR count). The van der Waals surface area contributed by atoms with E-state index in [-0.39, 0.29) is 18.4 Å². The monoisotopic (exact) mass is 210 g/mol. The van der Waals surface area contributed by atoms with Gasteiger partial charge in [0.15, 0.2) is 0 Å². The van der Waals surface area contributed by atoms with Gasteiger partial charge in [0.1, 0.15) is 0 Å². The second-order valence-electron chi connectivity index (χ2n) is 2.97. The molecular formula is C7H18N2O3S. The number of nitrogens with two attached hydrogens (primary N) is 1. The second-order valence-corrected chi connectivity index (χ2v) is 4.90. The van der Waals surface area contributed by atoms with E-state index in [0.717, 1.165) is 0 Å². The molecule has 1 unspecified atom stereocenters. The fraction of sp³-hybridized carbons (Fsp3) is 1.00. The van der Waals surface area contributed by atoms with Crippen LogP contribution < -0.4 is 10.5 Å². The summed E-state index contributed by atoms with van der Waals surface area (Å²) in [7, 11) is -1.70. The summed E-state index contributed by atoms with van der Waals surface area (Å²) in [6, 6.07) is 0.0186. The van der Waals surface area contributed by atoms with Gasteiger partial charge in [-0.1, -0.05) is 0 Å². The summed E-state index contributed by atoms with van der Waals surface area (Å²) in [4.78, 5) is 0. The highest BCUT2D eigenvalue weighted by Crippen LogP contribution is 1.88. The molecule has 80 valence electrons. The molecular weight excluding hydrogens is 192 g/mol. The predicted molar refractivity (Wildman–Crippen MR) is 51.9 cm³/mol. The van der Waals surface area contributed by atoms with Crippen molar-refractivity contribution in [1.29, 1.82) is 0 Å². The van der Waals surface area contributed by atoms with Gasteiger partial charge < -0.3 is 10.5 Å². The zero-order chi connectivity index (χ0) is 10.3. The molecule has 0 bridgehead atoms. The van der Waals surface area contributed by atoms with Crippen molar-refractivity contribution in [3.05, 3.63) is 0 Å². The van der Waals surface area contributed by atoms with E-state index in [0.29, 0.717) is 13.0 Å². The number of sulfonamides is 1. The predicted octanol–water partition coefficient (Wildman–Crippen LogP) is -0.710. The smallest absolute Gasteiger partial charge is 0.213 e. The first-order valence-corrected chi connectivity index (χ1v) is 5.85. The Morgan fingerprint density at radius 1 is 1.54 bits per heavy atom. The lowest BCUT2D eigenvalue weighted by molar-refractivity contribution is 0.217. The molecule has 1 atom stereocenters. The van der Waals surface area contributed by atoms with Gasteiger partial charge in [-0.15, -0.1) is 0 Å². The van der Waals surface area contributed by atoms with Crippen LogP contribution in [0, 0.1) is 0 Å². The maximum absolute atomic E-state index is 11.1. The molecule has 0 aliphatic carbocycles. The minimum atomic E-state index is -3.17. The van der Waals surface area contributed by atoms with Crippen molar-refractivity contribution >= 4 is 10.0 Å². The van der Waals surface area contributed by atoms with Crippen LogP contribution in [0.5, 0.6) is 0 Å². The average Bonchev–Trinajstić information content (AvgIpc) is 2.00. The maximum Gasteiger partial charge on any atom is 0.213 e. The summed E-state index contributed by atoms with van der Waals surface area (Å²) in [6.45, 7) is 2.45. The second kappa shape index (κ2) is 6.31. The standard InChI is InChI=1S/C7H18N2O3S/c1-7(8)3-4-9-13(10,11)6-5-12-2/h7,9H,3-6,8H2,1-2H3. The molecule has 6 heteroatoms. The van der Waals surface area contributed by atoms with Crippen LogP contribution >= 0.6 is 0 Å². The van der Waals surface area contributed by atoms with Crippen LogP contribution in [0.15, 0.2) is 0 Å². The molecule has 0 amide bonds. The molecule has 13 heavy (non-hydrogen) atoms. The van der Waals surface area contributed by atoms with E-state index in [9.17, 15) is 8.42 Å². The Labute approximate surface area is 79.7 Å². The van der Waals surface area contributed by atoms with Crippen molar-refractivity contribution in [3.63, 3.8) is 0 Å². The van der Waals surface area contributed by atoms with Crippen LogP contribution in [0.2, 0.25) is 0 Å². The van der Waals surface area contributed by atoms with Crippen molar-refractivity contribution in [1.82, 2.24) is 4.72 Å². The largest absolute Gasteiger partial charge is 0.384 e. The third kappa shape index (κ3) is 8.17. The van der Waals surface area contributed by atoms with Crippen molar-refractivity contribution in [2.75, 3.05) is 26.0 Å². The normalized spacial score (nSPS) is 14.4. The third-order valence-electron chi connectivity index (χ3n) is 1.48. The van der Waals surface area contributed by atoms with E-state index in [2.05, 4.69) is 9.46 Å². The van der Waals surface area contributed by atoms with E-state index in [1.165, 1.54) is 7.11 Å². The van der Waals surface area contributed by atoms with Crippen LogP contribution in [0.3, 0.4) is 0 Å². The first kappa shape index (κ1) is 12.8. The molecule has 0 aromatic rings. The van der Waals surface area contributed by atoms with Crippen molar-refractivity contribution < 1.29 is 13.2 Å². The molecule has 0 aliphatic rings. The van der Waals surface area contributed by atoms with Crippen LogP contribution in [0.1, 0.15) is 13.3 Å². The topological polar surface area (TPSA) is 81.4 Å². The Hall–Kier alpha value is -0.170. The van der Waals surface area contributed by atoms with E-state index >= 15 is 0 Å². The van der Waals surface area contributed by atoms with E-state index in [1.54, 1.807) is 0 Å². The average molecular weight is 210 g/mol. The minimum absolute atomic E-state index is 0.00243. The lowest BCUT2D eigenvalue weighted by atomic mass is 10.3. The van der Waals surface area contributed by atoms with Gasteiger partial charge in [0.2, 0.25) is 10.0 Å². The molecule has 0 saturated carbocycles. The number of hydrogen-bond donors (Lipinski definition) is 2. The fourth-order valence-electron chi connectivity index (χ4n) is 0.707. The third-order valence-corrected chi connectivity index (χ3v) is 2.83. The molecule has 0 radical (unpaired) electrons. The molecule has 0 aromatic carbocycles. The Morgan fingerprint density at radius 3 is 2.62 bits per heavy atom. The van der Waals surface area contributed by atoms with Gasteiger partial charge in [-0.05, 0) is 13.3 Å². The number of ether oxygens (including phenoxy) is 1. The highest BCUT2D eigenvalue weighted by molar-refractivity contribution is 7.89. The summed E-state index contributed by atoms with van der Waals surface area (Å²) < 4.78 is 29.4. The molecule has 0 heterocycles. The molecule has 0 fully saturated rings. The molecule has 5 nitrogen and oxygen atoms in total. The number of nitrogens with one attached hydrogen (secondary N) is 1. The lowest BCUT2D eigenvalue weighted by Gasteiger charge is -2.07. The van der Waals surface area contributed by atoms with Crippen LogP contribution in [-0.2, 0) is 14.8 Å². The number of rotatable bonds is 7. The minimum Gasteiger partial charge on any atom is -0.384 e. The number of hydrogen-bond acceptors (Lipinski definition) is 4. The molecule has 0 aliphatic heterocycles. The zero-order valence-electron chi connectivity index (χ0n) is 8.12. The van der Waals surface area contributed by atoms with Gasteiger partial charge in [-0.3, -0.25) is 0 Å². The van der Waals surface area contributed by atoms with Crippen molar-refractivity contribution in [3.8, 4) is 0 Å². The van der Waals surface area contributed by atoms with Gasteiger partial charge in [-0.2, -0.15) is 0 Å². The fourth-order valence-corrected chi connectivity index (χ4v) is 1.67. The summed E-state index contributed by atoms with van der Waals surface area (Å²) in [5.74, 6) is 0.00243. The van der Waals surface area contributed by atoms with Crippen molar-refractivity contribution in [2.45, 2.75) is 19.4 Å². The molecule has 0 spiro atoms. The maximum atomic E-state index is 11.1. The first-order valence-electron chi connectivity index (χ1n) is 4.20. The van der Waals surface area contributed by atoms with Crippen LogP contribution in [0.25, 0.3) is 0 Å². The highest BCUT2D eigenvalue weighted by Gasteiger charge is 2.08. The van der Waals surface area contributed by atoms with E-state index in [1.807, 2.05) is 6.92 Å². The van der Waals surface area contributed by atoms with Gasteiger partial charge in [0, 0.05) is 19.7 Å². The highest BCUT2D eigenvalue weighted by atomic mass is 32.2. The van der Waals surface area contributed by atoms with E-state index in [4.69, 9.17) is 5.73 Å². The van der Waals surface area contributed by atoms with Gasteiger partial charge in [-0.25, -0.2) is 13.1 Å².